The molecule has 1 aliphatic carbocycles. The number of carbonyl (C=O) groups excluding carboxylic acids is 1. The lowest BCUT2D eigenvalue weighted by atomic mass is 9.88. The van der Waals surface area contributed by atoms with Gasteiger partial charge in [-0.15, -0.1) is 0 Å². The van der Waals surface area contributed by atoms with Crippen LogP contribution < -0.4 is 5.32 Å². The predicted molar refractivity (Wildman–Crippen MR) is 99.9 cm³/mol. The molecule has 142 valence electrons. The second-order valence-electron chi connectivity index (χ2n) is 7.41. The van der Waals surface area contributed by atoms with Crippen LogP contribution in [0.15, 0.2) is 53.7 Å². The van der Waals surface area contributed by atoms with Gasteiger partial charge in [0.05, 0.1) is 17.0 Å². The number of nitrogens with zero attached hydrogens (tertiary/aromatic N) is 1. The van der Waals surface area contributed by atoms with Crippen molar-refractivity contribution in [2.45, 2.75) is 29.2 Å². The van der Waals surface area contributed by atoms with Crippen LogP contribution in [0.25, 0.3) is 0 Å². The maximum absolute atomic E-state index is 12.9. The average Bonchev–Trinajstić information content (AvgIpc) is 3.34. The maximum Gasteiger partial charge on any atom is 0.224 e. The summed E-state index contributed by atoms with van der Waals surface area (Å²) in [6, 6.07) is 10.6. The highest BCUT2D eigenvalue weighted by Gasteiger charge is 2.47. The van der Waals surface area contributed by atoms with Gasteiger partial charge < -0.3 is 10.1 Å². The molecule has 1 aliphatic heterocycles. The molecule has 1 unspecified atom stereocenters. The van der Waals surface area contributed by atoms with Gasteiger partial charge in [0.15, 0.2) is 9.84 Å². The zero-order chi connectivity index (χ0) is 19.1. The fraction of sp³-hybridized carbons (Fsp3) is 0.400. The van der Waals surface area contributed by atoms with Crippen molar-refractivity contribution in [2.75, 3.05) is 19.5 Å². The van der Waals surface area contributed by atoms with Crippen LogP contribution in [0.3, 0.4) is 0 Å². The number of nitrogens with one attached hydrogen (secondary N) is 1. The second kappa shape index (κ2) is 6.73. The molecule has 1 aromatic carbocycles. The lowest BCUT2D eigenvalue weighted by molar-refractivity contribution is -0.124. The highest BCUT2D eigenvalue weighted by atomic mass is 32.2. The van der Waals surface area contributed by atoms with Crippen LogP contribution >= 0.6 is 0 Å². The van der Waals surface area contributed by atoms with E-state index in [0.717, 1.165) is 17.5 Å². The predicted octanol–water partition coefficient (Wildman–Crippen LogP) is 2.02. The number of amides is 1. The molecule has 1 saturated carbocycles. The quantitative estimate of drug-likeness (QED) is 0.850. The third-order valence-electron chi connectivity index (χ3n) is 5.46. The number of pyridine rings is 1. The van der Waals surface area contributed by atoms with Crippen LogP contribution in [-0.2, 0) is 24.9 Å². The summed E-state index contributed by atoms with van der Waals surface area (Å²) in [5.41, 5.74) is 1.36. The summed E-state index contributed by atoms with van der Waals surface area (Å²) in [6.45, 7) is 0.950. The van der Waals surface area contributed by atoms with Gasteiger partial charge in [-0.3, -0.25) is 9.78 Å². The Bertz CT molecular complexity index is 936. The van der Waals surface area contributed by atoms with Gasteiger partial charge in [-0.1, -0.05) is 18.2 Å². The Morgan fingerprint density at radius 1 is 1.26 bits per heavy atom. The molecule has 4 rings (SSSR count). The molecule has 2 fully saturated rings. The van der Waals surface area contributed by atoms with E-state index in [1.807, 2.05) is 18.3 Å². The number of ether oxygens (including phenoxy) is 1. The lowest BCUT2D eigenvalue weighted by Gasteiger charge is -2.30. The number of carbonyl (C=O) groups is 1. The molecule has 0 bridgehead atoms. The van der Waals surface area contributed by atoms with Gasteiger partial charge in [0.2, 0.25) is 5.91 Å². The molecule has 0 spiro atoms. The van der Waals surface area contributed by atoms with Gasteiger partial charge in [0.25, 0.3) is 0 Å². The zero-order valence-corrected chi connectivity index (χ0v) is 15.9. The smallest absolute Gasteiger partial charge is 0.224 e. The molecule has 2 heterocycles. The van der Waals surface area contributed by atoms with E-state index in [0.29, 0.717) is 19.6 Å². The number of rotatable bonds is 5. The van der Waals surface area contributed by atoms with Gasteiger partial charge in [-0.05, 0) is 41.7 Å². The SMILES string of the molecule is CS(=O)(=O)c1ccc(C2(NC(=O)[C@H]3C[C@@H]3c3cccnc3)CCOC2)cc1. The minimum atomic E-state index is -3.25. The summed E-state index contributed by atoms with van der Waals surface area (Å²) in [5.74, 6) is 0.175. The average molecular weight is 386 g/mol. The Kier molecular flexibility index (Phi) is 4.52. The first-order valence-corrected chi connectivity index (χ1v) is 10.9. The second-order valence-corrected chi connectivity index (χ2v) is 9.42. The van der Waals surface area contributed by atoms with Crippen molar-refractivity contribution in [1.29, 1.82) is 0 Å². The number of sulfone groups is 1. The van der Waals surface area contributed by atoms with Crippen LogP contribution in [0.1, 0.15) is 29.9 Å². The van der Waals surface area contributed by atoms with Crippen LogP contribution in [0.2, 0.25) is 0 Å². The van der Waals surface area contributed by atoms with E-state index in [4.69, 9.17) is 4.74 Å². The Hall–Kier alpha value is -2.25. The third-order valence-corrected chi connectivity index (χ3v) is 6.59. The largest absolute Gasteiger partial charge is 0.379 e. The van der Waals surface area contributed by atoms with E-state index in [2.05, 4.69) is 10.3 Å². The van der Waals surface area contributed by atoms with Gasteiger partial charge in [-0.25, -0.2) is 8.42 Å². The lowest BCUT2D eigenvalue weighted by Crippen LogP contribution is -2.47. The van der Waals surface area contributed by atoms with Crippen molar-refractivity contribution >= 4 is 15.7 Å². The Balaban J connectivity index is 1.52. The van der Waals surface area contributed by atoms with Crippen LogP contribution in [-0.4, -0.2) is 38.8 Å². The normalized spacial score (nSPS) is 27.3. The molecule has 7 heteroatoms. The van der Waals surface area contributed by atoms with Crippen molar-refractivity contribution in [3.63, 3.8) is 0 Å². The number of hydrogen-bond acceptors (Lipinski definition) is 5. The number of aromatic nitrogens is 1. The fourth-order valence-electron chi connectivity index (χ4n) is 3.76. The van der Waals surface area contributed by atoms with Crippen molar-refractivity contribution < 1.29 is 17.9 Å². The topological polar surface area (TPSA) is 85.4 Å². The molecule has 2 aliphatic rings. The van der Waals surface area contributed by atoms with E-state index in [1.165, 1.54) is 6.26 Å². The Morgan fingerprint density at radius 3 is 2.63 bits per heavy atom. The van der Waals surface area contributed by atoms with E-state index in [9.17, 15) is 13.2 Å². The summed E-state index contributed by atoms with van der Waals surface area (Å²) in [5, 5.41) is 3.19. The molecule has 27 heavy (non-hydrogen) atoms. The molecule has 6 nitrogen and oxygen atoms in total. The van der Waals surface area contributed by atoms with Crippen molar-refractivity contribution in [1.82, 2.24) is 10.3 Å². The minimum absolute atomic E-state index is 0.0153. The summed E-state index contributed by atoms with van der Waals surface area (Å²) in [7, 11) is -3.25. The minimum Gasteiger partial charge on any atom is -0.379 e. The van der Waals surface area contributed by atoms with Crippen LogP contribution in [0.4, 0.5) is 0 Å². The monoisotopic (exact) mass is 386 g/mol. The highest BCUT2D eigenvalue weighted by molar-refractivity contribution is 7.90. The highest BCUT2D eigenvalue weighted by Crippen LogP contribution is 2.48. The molecule has 1 amide bonds. The summed E-state index contributed by atoms with van der Waals surface area (Å²) in [6.07, 6.45) is 6.22. The number of benzene rings is 1. The molecule has 0 radical (unpaired) electrons. The number of hydrogen-bond donors (Lipinski definition) is 1. The molecule has 2 aromatic rings. The maximum atomic E-state index is 12.9. The van der Waals surface area contributed by atoms with Gasteiger partial charge in [-0.2, -0.15) is 0 Å². The first-order valence-electron chi connectivity index (χ1n) is 8.99. The van der Waals surface area contributed by atoms with Gasteiger partial charge >= 0.3 is 0 Å². The van der Waals surface area contributed by atoms with Crippen molar-refractivity contribution in [2.24, 2.45) is 5.92 Å². The Labute approximate surface area is 158 Å². The molecular formula is C20H22N2O4S. The van der Waals surface area contributed by atoms with E-state index in [-0.39, 0.29) is 22.6 Å². The fourth-order valence-corrected chi connectivity index (χ4v) is 4.39. The summed E-state index contributed by atoms with van der Waals surface area (Å²) < 4.78 is 29.0. The van der Waals surface area contributed by atoms with Gasteiger partial charge in [0, 0.05) is 37.6 Å². The van der Waals surface area contributed by atoms with E-state index < -0.39 is 15.4 Å². The van der Waals surface area contributed by atoms with Crippen LogP contribution in [0, 0.1) is 5.92 Å². The first-order chi connectivity index (χ1) is 12.9. The first kappa shape index (κ1) is 18.1. The molecule has 1 aromatic heterocycles. The van der Waals surface area contributed by atoms with Crippen LogP contribution in [0.5, 0.6) is 0 Å². The molecule has 1 saturated heterocycles. The zero-order valence-electron chi connectivity index (χ0n) is 15.1. The standard InChI is InChI=1S/C20H22N2O4S/c1-27(24,25)16-6-4-15(5-7-16)20(8-10-26-13-20)22-19(23)18-11-17(18)14-3-2-9-21-12-14/h2-7,9,12,17-18H,8,10-11,13H2,1H3,(H,22,23)/t17-,18+,20?/m1/s1. The van der Waals surface area contributed by atoms with E-state index in [1.54, 1.807) is 30.5 Å². The molecule has 3 atom stereocenters. The molecular weight excluding hydrogens is 364 g/mol. The Morgan fingerprint density at radius 2 is 2.04 bits per heavy atom. The van der Waals surface area contributed by atoms with E-state index >= 15 is 0 Å². The summed E-state index contributed by atoms with van der Waals surface area (Å²) in [4.78, 5) is 17.3. The van der Waals surface area contributed by atoms with Gasteiger partial charge in [0.1, 0.15) is 0 Å². The molecule has 1 N–H and O–H groups in total. The van der Waals surface area contributed by atoms with Crippen molar-refractivity contribution in [3.8, 4) is 0 Å². The third kappa shape index (κ3) is 3.61. The summed E-state index contributed by atoms with van der Waals surface area (Å²) >= 11 is 0. The van der Waals surface area contributed by atoms with Crippen molar-refractivity contribution in [3.05, 3.63) is 59.9 Å².